The van der Waals surface area contributed by atoms with E-state index in [-0.39, 0.29) is 22.6 Å². The number of alkyl halides is 3. The Hall–Kier alpha value is -4.41. The lowest BCUT2D eigenvalue weighted by Crippen LogP contribution is -2.14. The lowest BCUT2D eigenvalue weighted by Gasteiger charge is -2.11. The number of benzene rings is 2. The van der Waals surface area contributed by atoms with Gasteiger partial charge in [-0.15, -0.1) is 0 Å². The molecule has 0 aliphatic carbocycles. The Kier molecular flexibility index (Phi) is 4.73. The maximum Gasteiger partial charge on any atom is 0.434 e. The lowest BCUT2D eigenvalue weighted by molar-refractivity contribution is -0.142. The van der Waals surface area contributed by atoms with Crippen molar-refractivity contribution >= 4 is 22.6 Å². The summed E-state index contributed by atoms with van der Waals surface area (Å²) < 4.78 is 47.7. The topological polar surface area (TPSA) is 102 Å². The first-order chi connectivity index (χ1) is 15.8. The first kappa shape index (κ1) is 20.5. The number of nitrogens with zero attached hydrogens (tertiary/aromatic N) is 4. The fourth-order valence-electron chi connectivity index (χ4n) is 3.49. The molecule has 0 saturated carbocycles. The van der Waals surface area contributed by atoms with E-state index in [4.69, 9.17) is 4.52 Å². The second-order valence-corrected chi connectivity index (χ2v) is 7.22. The summed E-state index contributed by atoms with van der Waals surface area (Å²) in [6.07, 6.45) is -2.23. The second-order valence-electron chi connectivity index (χ2n) is 7.22. The molecule has 0 bridgehead atoms. The van der Waals surface area contributed by atoms with Crippen LogP contribution in [-0.2, 0) is 6.18 Å². The predicted octanol–water partition coefficient (Wildman–Crippen LogP) is 4.98. The lowest BCUT2D eigenvalue weighted by atomic mass is 10.2. The molecular weight excluding hydrogens is 437 g/mol. The van der Waals surface area contributed by atoms with E-state index < -0.39 is 17.8 Å². The largest absolute Gasteiger partial charge is 0.434 e. The van der Waals surface area contributed by atoms with Gasteiger partial charge >= 0.3 is 6.18 Å². The van der Waals surface area contributed by atoms with Crippen molar-refractivity contribution in [2.45, 2.75) is 13.1 Å². The monoisotopic (exact) mass is 452 g/mol. The molecule has 5 rings (SSSR count). The number of halogens is 3. The molecule has 8 nitrogen and oxygen atoms in total. The van der Waals surface area contributed by atoms with E-state index in [1.807, 2.05) is 0 Å². The van der Waals surface area contributed by atoms with Crippen molar-refractivity contribution in [1.82, 2.24) is 24.9 Å². The van der Waals surface area contributed by atoms with Crippen LogP contribution in [0.15, 0.2) is 65.4 Å². The maximum atomic E-state index is 14.0. The van der Waals surface area contributed by atoms with Crippen molar-refractivity contribution in [1.29, 1.82) is 0 Å². The molecular formula is C22H15F3N6O2. The van der Waals surface area contributed by atoms with Gasteiger partial charge in [0.2, 0.25) is 0 Å². The summed E-state index contributed by atoms with van der Waals surface area (Å²) in [5.74, 6) is -0.0401. The standard InChI is InChI=1S/C22H15F3N6O2/c1-12-15(11-27-33-12)21(32)28-13-7-8-17-18(9-13)30-20(29-17)16-10-26-31(19(16)22(23,24)25)14-5-3-2-4-6-14/h2-11H,1H3,(H,28,32)(H,29,30). The summed E-state index contributed by atoms with van der Waals surface area (Å²) in [5, 5.41) is 10.2. The molecule has 0 aliphatic rings. The molecule has 0 spiro atoms. The number of aromatic nitrogens is 5. The van der Waals surface area contributed by atoms with Crippen LogP contribution in [0.1, 0.15) is 21.8 Å². The van der Waals surface area contributed by atoms with Crippen molar-refractivity contribution in [2.75, 3.05) is 5.32 Å². The number of para-hydroxylation sites is 1. The van der Waals surface area contributed by atoms with E-state index >= 15 is 0 Å². The third kappa shape index (κ3) is 3.73. The highest BCUT2D eigenvalue weighted by molar-refractivity contribution is 6.05. The molecule has 3 aromatic heterocycles. The summed E-state index contributed by atoms with van der Waals surface area (Å²) in [6.45, 7) is 1.61. The number of carbonyl (C=O) groups excluding carboxylic acids is 1. The van der Waals surface area contributed by atoms with Crippen molar-refractivity contribution in [3.8, 4) is 17.1 Å². The molecule has 0 aliphatic heterocycles. The number of rotatable bonds is 4. The Morgan fingerprint density at radius 2 is 1.91 bits per heavy atom. The molecule has 0 saturated heterocycles. The number of aryl methyl sites for hydroxylation is 1. The van der Waals surface area contributed by atoms with Crippen LogP contribution in [0.25, 0.3) is 28.1 Å². The average molecular weight is 452 g/mol. The zero-order valence-corrected chi connectivity index (χ0v) is 17.0. The molecule has 11 heteroatoms. The van der Waals surface area contributed by atoms with Crippen LogP contribution in [-0.4, -0.2) is 30.8 Å². The van der Waals surface area contributed by atoms with Gasteiger partial charge in [0.15, 0.2) is 5.69 Å². The molecule has 0 fully saturated rings. The molecule has 2 aromatic carbocycles. The minimum absolute atomic E-state index is 0.0119. The van der Waals surface area contributed by atoms with Crippen molar-refractivity contribution in [3.63, 3.8) is 0 Å². The van der Waals surface area contributed by atoms with Crippen LogP contribution in [0.4, 0.5) is 18.9 Å². The predicted molar refractivity (Wildman–Crippen MR) is 113 cm³/mol. The second kappa shape index (κ2) is 7.62. The quantitative estimate of drug-likeness (QED) is 0.400. The SMILES string of the molecule is Cc1oncc1C(=O)Nc1ccc2nc(-c3cnn(-c4ccccc4)c3C(F)(F)F)[nH]c2c1. The number of fused-ring (bicyclic) bond motifs is 1. The molecule has 33 heavy (non-hydrogen) atoms. The van der Waals surface area contributed by atoms with E-state index in [2.05, 4.69) is 25.5 Å². The highest BCUT2D eigenvalue weighted by Crippen LogP contribution is 2.38. The molecule has 0 unspecified atom stereocenters. The van der Waals surface area contributed by atoms with Crippen LogP contribution in [0.5, 0.6) is 0 Å². The summed E-state index contributed by atoms with van der Waals surface area (Å²) in [6, 6.07) is 12.8. The van der Waals surface area contributed by atoms with E-state index in [0.717, 1.165) is 10.9 Å². The molecule has 3 heterocycles. The van der Waals surface area contributed by atoms with Gasteiger partial charge in [0, 0.05) is 5.69 Å². The number of hydrogen-bond acceptors (Lipinski definition) is 5. The minimum atomic E-state index is -4.67. The summed E-state index contributed by atoms with van der Waals surface area (Å²) in [7, 11) is 0. The summed E-state index contributed by atoms with van der Waals surface area (Å²) in [5.41, 5.74) is 0.747. The Morgan fingerprint density at radius 1 is 1.12 bits per heavy atom. The normalized spacial score (nSPS) is 11.8. The van der Waals surface area contributed by atoms with E-state index in [1.165, 1.54) is 18.3 Å². The van der Waals surface area contributed by atoms with Crippen molar-refractivity contribution < 1.29 is 22.5 Å². The highest BCUT2D eigenvalue weighted by Gasteiger charge is 2.39. The maximum absolute atomic E-state index is 14.0. The zero-order chi connectivity index (χ0) is 23.2. The van der Waals surface area contributed by atoms with Crippen LogP contribution < -0.4 is 5.32 Å². The van der Waals surface area contributed by atoms with Crippen LogP contribution in [0.2, 0.25) is 0 Å². The summed E-state index contributed by atoms with van der Waals surface area (Å²) >= 11 is 0. The fraction of sp³-hybridized carbons (Fsp3) is 0.0909. The van der Waals surface area contributed by atoms with Gasteiger partial charge in [0.25, 0.3) is 5.91 Å². The number of hydrogen-bond donors (Lipinski definition) is 2. The first-order valence-electron chi connectivity index (χ1n) is 9.74. The molecule has 0 radical (unpaired) electrons. The van der Waals surface area contributed by atoms with Gasteiger partial charge in [0.05, 0.1) is 34.7 Å². The Bertz CT molecular complexity index is 1470. The third-order valence-electron chi connectivity index (χ3n) is 5.03. The van der Waals surface area contributed by atoms with Crippen molar-refractivity contribution in [2.24, 2.45) is 0 Å². The van der Waals surface area contributed by atoms with Gasteiger partial charge in [-0.1, -0.05) is 23.4 Å². The number of amides is 1. The third-order valence-corrected chi connectivity index (χ3v) is 5.03. The highest BCUT2D eigenvalue weighted by atomic mass is 19.4. The summed E-state index contributed by atoms with van der Waals surface area (Å²) in [4.78, 5) is 19.6. The van der Waals surface area contributed by atoms with Gasteiger partial charge in [-0.05, 0) is 37.3 Å². The Morgan fingerprint density at radius 3 is 2.61 bits per heavy atom. The molecule has 2 N–H and O–H groups in total. The van der Waals surface area contributed by atoms with Gasteiger partial charge in [0.1, 0.15) is 17.1 Å². The number of nitrogens with one attached hydrogen (secondary N) is 2. The number of carbonyl (C=O) groups is 1. The van der Waals surface area contributed by atoms with Crippen LogP contribution >= 0.6 is 0 Å². The Balaban J connectivity index is 1.53. The fourth-order valence-corrected chi connectivity index (χ4v) is 3.49. The molecule has 1 amide bonds. The van der Waals surface area contributed by atoms with Crippen molar-refractivity contribution in [3.05, 3.63) is 77.9 Å². The number of aromatic amines is 1. The van der Waals surface area contributed by atoms with E-state index in [1.54, 1.807) is 43.3 Å². The zero-order valence-electron chi connectivity index (χ0n) is 17.0. The minimum Gasteiger partial charge on any atom is -0.361 e. The number of anilines is 1. The van der Waals surface area contributed by atoms with E-state index in [0.29, 0.717) is 22.5 Å². The van der Waals surface area contributed by atoms with Gasteiger partial charge in [-0.2, -0.15) is 18.3 Å². The first-order valence-corrected chi connectivity index (χ1v) is 9.74. The molecule has 5 aromatic rings. The van der Waals surface area contributed by atoms with Crippen LogP contribution in [0, 0.1) is 6.92 Å². The van der Waals surface area contributed by atoms with Gasteiger partial charge in [-0.25, -0.2) is 9.67 Å². The van der Waals surface area contributed by atoms with E-state index in [9.17, 15) is 18.0 Å². The average Bonchev–Trinajstić information content (AvgIpc) is 3.51. The van der Waals surface area contributed by atoms with Gasteiger partial charge < -0.3 is 14.8 Å². The van der Waals surface area contributed by atoms with Crippen LogP contribution in [0.3, 0.4) is 0 Å². The number of imidazole rings is 1. The molecule has 166 valence electrons. The smallest absolute Gasteiger partial charge is 0.361 e. The number of H-pyrrole nitrogens is 1. The van der Waals surface area contributed by atoms with Gasteiger partial charge in [-0.3, -0.25) is 4.79 Å². The molecule has 0 atom stereocenters. The Labute approximate surface area is 184 Å².